The van der Waals surface area contributed by atoms with Crippen LogP contribution in [0, 0.1) is 0 Å². The van der Waals surface area contributed by atoms with Gasteiger partial charge in [-0.2, -0.15) is 0 Å². The molecule has 0 atom stereocenters. The highest BCUT2D eigenvalue weighted by Crippen LogP contribution is 2.44. The third kappa shape index (κ3) is 5.19. The van der Waals surface area contributed by atoms with Crippen LogP contribution in [-0.2, 0) is 0 Å². The van der Waals surface area contributed by atoms with E-state index in [1.807, 2.05) is 12.1 Å². The average molecular weight is 535 g/mol. The lowest BCUT2D eigenvalue weighted by atomic mass is 9.84. The summed E-state index contributed by atoms with van der Waals surface area (Å²) in [6, 6.07) is 56.5. The fourth-order valence-electron chi connectivity index (χ4n) is 5.78. The maximum Gasteiger partial charge on any atom is -0.00203 e. The van der Waals surface area contributed by atoms with Crippen LogP contribution in [0.15, 0.2) is 158 Å². The van der Waals surface area contributed by atoms with Crippen molar-refractivity contribution in [1.82, 2.24) is 0 Å². The first-order chi connectivity index (χ1) is 20.8. The molecule has 7 aromatic rings. The Morgan fingerprint density at radius 1 is 0.238 bits per heavy atom. The fraction of sp³-hybridized carbons (Fsp3) is 0. The molecule has 198 valence electrons. The van der Waals surface area contributed by atoms with E-state index < -0.39 is 0 Å². The summed E-state index contributed by atoms with van der Waals surface area (Å²) in [4.78, 5) is 0. The fourth-order valence-corrected chi connectivity index (χ4v) is 5.78. The minimum Gasteiger partial charge on any atom is -0.0622 e. The van der Waals surface area contributed by atoms with Gasteiger partial charge in [0.1, 0.15) is 0 Å². The van der Waals surface area contributed by atoms with Gasteiger partial charge in [0.15, 0.2) is 0 Å². The summed E-state index contributed by atoms with van der Waals surface area (Å²) >= 11 is 0. The largest absolute Gasteiger partial charge is 0.0622 e. The van der Waals surface area contributed by atoms with Gasteiger partial charge in [-0.3, -0.25) is 0 Å². The molecule has 0 saturated heterocycles. The quantitative estimate of drug-likeness (QED) is 0.147. The molecule has 0 radical (unpaired) electrons. The molecule has 0 aromatic heterocycles. The van der Waals surface area contributed by atoms with Gasteiger partial charge in [0, 0.05) is 0 Å². The Labute approximate surface area is 247 Å². The molecule has 7 aromatic carbocycles. The van der Waals surface area contributed by atoms with Gasteiger partial charge in [-0.05, 0) is 66.1 Å². The van der Waals surface area contributed by atoms with Crippen molar-refractivity contribution in [2.75, 3.05) is 0 Å². The molecule has 42 heavy (non-hydrogen) atoms. The molecule has 0 unspecified atom stereocenters. The predicted molar refractivity (Wildman–Crippen MR) is 183 cm³/mol. The highest BCUT2D eigenvalue weighted by atomic mass is 14.2. The number of rotatable bonds is 6. The third-order valence-corrected chi connectivity index (χ3v) is 7.87. The van der Waals surface area contributed by atoms with Crippen molar-refractivity contribution in [1.29, 1.82) is 0 Å². The SMILES string of the molecule is C(=C\c1ccc(-c2c(-c3ccc(/C=C/c4ccccc4)cc3)c3ccccc3c3ccccc23)cc1)/c1ccccc1. The Morgan fingerprint density at radius 3 is 0.881 bits per heavy atom. The molecule has 0 spiro atoms. The summed E-state index contributed by atoms with van der Waals surface area (Å²) in [6.07, 6.45) is 8.69. The smallest absolute Gasteiger partial charge is 0.00203 e. The molecule has 0 aliphatic carbocycles. The maximum absolute atomic E-state index is 2.27. The Hall–Kier alpha value is -5.46. The first-order valence-corrected chi connectivity index (χ1v) is 14.4. The van der Waals surface area contributed by atoms with Crippen molar-refractivity contribution in [2.24, 2.45) is 0 Å². The van der Waals surface area contributed by atoms with Crippen molar-refractivity contribution in [3.63, 3.8) is 0 Å². The first kappa shape index (κ1) is 25.5. The molecule has 0 N–H and O–H groups in total. The van der Waals surface area contributed by atoms with Crippen LogP contribution in [0.1, 0.15) is 22.3 Å². The molecule has 0 heterocycles. The van der Waals surface area contributed by atoms with Gasteiger partial charge in [0.05, 0.1) is 0 Å². The monoisotopic (exact) mass is 534 g/mol. The van der Waals surface area contributed by atoms with Crippen LogP contribution in [0.3, 0.4) is 0 Å². The van der Waals surface area contributed by atoms with E-state index in [1.54, 1.807) is 0 Å². The Morgan fingerprint density at radius 2 is 0.524 bits per heavy atom. The molecule has 0 saturated carbocycles. The highest BCUT2D eigenvalue weighted by Gasteiger charge is 2.17. The lowest BCUT2D eigenvalue weighted by Gasteiger charge is -2.19. The van der Waals surface area contributed by atoms with Gasteiger partial charge in [0.25, 0.3) is 0 Å². The zero-order valence-corrected chi connectivity index (χ0v) is 23.3. The topological polar surface area (TPSA) is 0 Å². The summed E-state index contributed by atoms with van der Waals surface area (Å²) in [7, 11) is 0. The van der Waals surface area contributed by atoms with Crippen LogP contribution in [0.25, 0.3) is 68.1 Å². The summed E-state index contributed by atoms with van der Waals surface area (Å²) in [6.45, 7) is 0. The Bertz CT molecular complexity index is 1880. The van der Waals surface area contributed by atoms with Crippen LogP contribution >= 0.6 is 0 Å². The lowest BCUT2D eigenvalue weighted by molar-refractivity contribution is 1.60. The molecule has 0 bridgehead atoms. The molecule has 7 rings (SSSR count). The minimum atomic E-state index is 1.18. The summed E-state index contributed by atoms with van der Waals surface area (Å²) in [5, 5.41) is 5.10. The second kappa shape index (κ2) is 11.6. The molecule has 0 aliphatic rings. The Kier molecular flexibility index (Phi) is 7.02. The van der Waals surface area contributed by atoms with E-state index in [0.717, 1.165) is 0 Å². The molecule has 0 aliphatic heterocycles. The molecule has 0 amide bonds. The van der Waals surface area contributed by atoms with Crippen LogP contribution in [-0.4, -0.2) is 0 Å². The number of benzene rings is 7. The van der Waals surface area contributed by atoms with Crippen molar-refractivity contribution in [3.8, 4) is 22.3 Å². The van der Waals surface area contributed by atoms with Crippen molar-refractivity contribution in [3.05, 3.63) is 180 Å². The summed E-state index contributed by atoms with van der Waals surface area (Å²) in [5.41, 5.74) is 9.75. The van der Waals surface area contributed by atoms with E-state index >= 15 is 0 Å². The number of hydrogen-bond donors (Lipinski definition) is 0. The van der Waals surface area contributed by atoms with Gasteiger partial charge in [0.2, 0.25) is 0 Å². The van der Waals surface area contributed by atoms with Crippen molar-refractivity contribution in [2.45, 2.75) is 0 Å². The van der Waals surface area contributed by atoms with E-state index in [1.165, 1.54) is 66.1 Å². The third-order valence-electron chi connectivity index (χ3n) is 7.87. The first-order valence-electron chi connectivity index (χ1n) is 14.4. The maximum atomic E-state index is 2.27. The van der Waals surface area contributed by atoms with Gasteiger partial charge >= 0.3 is 0 Å². The van der Waals surface area contributed by atoms with E-state index in [2.05, 4.69) is 170 Å². The average Bonchev–Trinajstić information content (AvgIpc) is 3.07. The summed E-state index contributed by atoms with van der Waals surface area (Å²) < 4.78 is 0. The standard InChI is InChI=1S/C42H30/c1-3-11-31(12-4-1)19-21-33-23-27-35(28-24-33)41-39-17-9-7-15-37(39)38-16-8-10-18-40(38)42(41)36-29-25-34(26-30-36)22-20-32-13-5-2-6-14-32/h1-30H/b21-19+,22-20+. The van der Waals surface area contributed by atoms with E-state index in [4.69, 9.17) is 0 Å². The predicted octanol–water partition coefficient (Wildman–Crippen LogP) is 11.7. The van der Waals surface area contributed by atoms with Gasteiger partial charge < -0.3 is 0 Å². The van der Waals surface area contributed by atoms with Gasteiger partial charge in [-0.15, -0.1) is 0 Å². The zero-order valence-electron chi connectivity index (χ0n) is 23.3. The number of hydrogen-bond acceptors (Lipinski definition) is 0. The van der Waals surface area contributed by atoms with E-state index in [-0.39, 0.29) is 0 Å². The normalized spacial score (nSPS) is 11.6. The van der Waals surface area contributed by atoms with Crippen LogP contribution < -0.4 is 0 Å². The zero-order chi connectivity index (χ0) is 28.1. The van der Waals surface area contributed by atoms with Crippen LogP contribution in [0.5, 0.6) is 0 Å². The van der Waals surface area contributed by atoms with Crippen LogP contribution in [0.2, 0.25) is 0 Å². The molecular weight excluding hydrogens is 504 g/mol. The number of fused-ring (bicyclic) bond motifs is 3. The summed E-state index contributed by atoms with van der Waals surface area (Å²) in [5.74, 6) is 0. The second-order valence-corrected chi connectivity index (χ2v) is 10.6. The van der Waals surface area contributed by atoms with Crippen molar-refractivity contribution >= 4 is 45.8 Å². The minimum absolute atomic E-state index is 1.18. The second-order valence-electron chi connectivity index (χ2n) is 10.6. The van der Waals surface area contributed by atoms with Crippen molar-refractivity contribution < 1.29 is 0 Å². The molecule has 0 nitrogen and oxygen atoms in total. The van der Waals surface area contributed by atoms with Gasteiger partial charge in [-0.1, -0.05) is 182 Å². The van der Waals surface area contributed by atoms with Gasteiger partial charge in [-0.25, -0.2) is 0 Å². The van der Waals surface area contributed by atoms with Crippen LogP contribution in [0.4, 0.5) is 0 Å². The van der Waals surface area contributed by atoms with E-state index in [9.17, 15) is 0 Å². The molecule has 0 heteroatoms. The Balaban J connectivity index is 1.35. The lowest BCUT2D eigenvalue weighted by Crippen LogP contribution is -1.92. The molecular formula is C42H30. The highest BCUT2D eigenvalue weighted by molar-refractivity contribution is 6.21. The van der Waals surface area contributed by atoms with E-state index in [0.29, 0.717) is 0 Å². The molecule has 0 fully saturated rings.